The Bertz CT molecular complexity index is 501. The second-order valence-electron chi connectivity index (χ2n) is 5.58. The molecule has 1 aromatic rings. The summed E-state index contributed by atoms with van der Waals surface area (Å²) < 4.78 is 0. The Labute approximate surface area is 113 Å². The van der Waals surface area contributed by atoms with Crippen molar-refractivity contribution in [2.45, 2.75) is 31.6 Å². The molecular formula is C15H19N2O2-. The van der Waals surface area contributed by atoms with Crippen LogP contribution < -0.4 is 5.06 Å². The van der Waals surface area contributed by atoms with Gasteiger partial charge in [0.05, 0.1) is 5.41 Å². The molecule has 1 saturated heterocycles. The number of carbonyl (C=O) groups is 1. The molecule has 2 aliphatic rings. The number of amides is 1. The molecule has 1 aromatic carbocycles. The van der Waals surface area contributed by atoms with Crippen LogP contribution in [0.2, 0.25) is 0 Å². The third-order valence-corrected chi connectivity index (χ3v) is 4.34. The zero-order valence-electron chi connectivity index (χ0n) is 11.3. The summed E-state index contributed by atoms with van der Waals surface area (Å²) in [6.07, 6.45) is 2.85. The number of hydroxylamine groups is 1. The number of likely N-dealkylation sites (tertiary alicyclic amines) is 1. The van der Waals surface area contributed by atoms with E-state index in [4.69, 9.17) is 0 Å². The molecule has 4 nitrogen and oxygen atoms in total. The first-order valence-corrected chi connectivity index (χ1v) is 7.02. The van der Waals surface area contributed by atoms with Crippen molar-refractivity contribution < 1.29 is 4.79 Å². The van der Waals surface area contributed by atoms with Crippen molar-refractivity contribution in [1.29, 1.82) is 0 Å². The smallest absolute Gasteiger partial charge is 0.228 e. The van der Waals surface area contributed by atoms with Gasteiger partial charge in [-0.25, -0.2) is 0 Å². The number of anilines is 1. The second-order valence-corrected chi connectivity index (χ2v) is 5.58. The van der Waals surface area contributed by atoms with Gasteiger partial charge in [0, 0.05) is 12.2 Å². The molecule has 0 saturated carbocycles. The minimum absolute atomic E-state index is 0.269. The maximum absolute atomic E-state index is 12.5. The van der Waals surface area contributed by atoms with E-state index in [1.54, 1.807) is 6.07 Å². The number of hydrogen-bond acceptors (Lipinski definition) is 3. The van der Waals surface area contributed by atoms with Crippen molar-refractivity contribution >= 4 is 11.6 Å². The van der Waals surface area contributed by atoms with Crippen LogP contribution in [-0.4, -0.2) is 30.4 Å². The van der Waals surface area contributed by atoms with Crippen molar-refractivity contribution in [3.63, 3.8) is 0 Å². The number of benzene rings is 1. The number of hydrogen-bond donors (Lipinski definition) is 0. The van der Waals surface area contributed by atoms with Crippen molar-refractivity contribution in [2.75, 3.05) is 24.7 Å². The first-order chi connectivity index (χ1) is 9.19. The van der Waals surface area contributed by atoms with E-state index in [2.05, 4.69) is 11.8 Å². The molecule has 0 aliphatic carbocycles. The van der Waals surface area contributed by atoms with Crippen LogP contribution in [0.5, 0.6) is 0 Å². The molecule has 0 radical (unpaired) electrons. The zero-order chi connectivity index (χ0) is 13.5. The van der Waals surface area contributed by atoms with E-state index in [1.807, 2.05) is 18.2 Å². The predicted molar refractivity (Wildman–Crippen MR) is 74.9 cm³/mol. The average Bonchev–Trinajstić information content (AvgIpc) is 2.64. The molecule has 1 atom stereocenters. The van der Waals surface area contributed by atoms with Crippen molar-refractivity contribution in [3.8, 4) is 0 Å². The van der Waals surface area contributed by atoms with Gasteiger partial charge in [0.25, 0.3) is 0 Å². The number of nitrogens with zero attached hydrogens (tertiary/aromatic N) is 2. The van der Waals surface area contributed by atoms with Gasteiger partial charge < -0.3 is 15.2 Å². The van der Waals surface area contributed by atoms with Gasteiger partial charge in [0.15, 0.2) is 0 Å². The third kappa shape index (κ3) is 1.78. The Morgan fingerprint density at radius 3 is 2.95 bits per heavy atom. The van der Waals surface area contributed by atoms with Gasteiger partial charge in [-0.3, -0.25) is 4.79 Å². The summed E-state index contributed by atoms with van der Waals surface area (Å²) in [7, 11) is 0. The van der Waals surface area contributed by atoms with E-state index in [1.165, 1.54) is 0 Å². The van der Waals surface area contributed by atoms with E-state index in [-0.39, 0.29) is 5.91 Å². The highest BCUT2D eigenvalue weighted by molar-refractivity contribution is 6.08. The van der Waals surface area contributed by atoms with Gasteiger partial charge in [-0.15, -0.1) is 0 Å². The molecule has 4 heteroatoms. The van der Waals surface area contributed by atoms with Crippen molar-refractivity contribution in [2.24, 2.45) is 0 Å². The van der Waals surface area contributed by atoms with Gasteiger partial charge in [0.2, 0.25) is 5.91 Å². The number of rotatable bonds is 2. The van der Waals surface area contributed by atoms with Gasteiger partial charge in [-0.2, -0.15) is 0 Å². The van der Waals surface area contributed by atoms with Gasteiger partial charge in [-0.05, 0) is 44.0 Å². The van der Waals surface area contributed by atoms with E-state index in [0.717, 1.165) is 37.9 Å². The molecule has 2 aliphatic heterocycles. The highest BCUT2D eigenvalue weighted by atomic mass is 16.5. The summed E-state index contributed by atoms with van der Waals surface area (Å²) in [4.78, 5) is 14.8. The van der Waals surface area contributed by atoms with Crippen LogP contribution in [-0.2, 0) is 10.2 Å². The van der Waals surface area contributed by atoms with Crippen LogP contribution in [0.1, 0.15) is 31.7 Å². The fourth-order valence-corrected chi connectivity index (χ4v) is 3.52. The Morgan fingerprint density at radius 1 is 1.37 bits per heavy atom. The molecule has 1 amide bonds. The lowest BCUT2D eigenvalue weighted by Crippen LogP contribution is -2.51. The monoisotopic (exact) mass is 259 g/mol. The minimum Gasteiger partial charge on any atom is -0.752 e. The molecular weight excluding hydrogens is 240 g/mol. The lowest BCUT2D eigenvalue weighted by molar-refractivity contribution is -0.124. The maximum atomic E-state index is 12.5. The molecule has 1 unspecified atom stereocenters. The summed E-state index contributed by atoms with van der Waals surface area (Å²) in [5.74, 6) is -0.269. The average molecular weight is 259 g/mol. The Hall–Kier alpha value is -1.39. The lowest BCUT2D eigenvalue weighted by atomic mass is 9.75. The summed E-state index contributed by atoms with van der Waals surface area (Å²) >= 11 is 0. The highest BCUT2D eigenvalue weighted by Crippen LogP contribution is 2.46. The first-order valence-electron chi connectivity index (χ1n) is 7.02. The van der Waals surface area contributed by atoms with E-state index in [9.17, 15) is 10.0 Å². The van der Waals surface area contributed by atoms with Crippen LogP contribution in [0.15, 0.2) is 24.3 Å². The Balaban J connectivity index is 2.01. The van der Waals surface area contributed by atoms with Gasteiger partial charge in [0.1, 0.15) is 0 Å². The predicted octanol–water partition coefficient (Wildman–Crippen LogP) is 2.27. The molecule has 1 fully saturated rings. The number of carbonyl (C=O) groups excluding carboxylic acids is 1. The third-order valence-electron chi connectivity index (χ3n) is 4.34. The van der Waals surface area contributed by atoms with Crippen LogP contribution in [0.25, 0.3) is 0 Å². The van der Waals surface area contributed by atoms with E-state index < -0.39 is 5.41 Å². The number of piperidine rings is 1. The summed E-state index contributed by atoms with van der Waals surface area (Å²) in [6.45, 7) is 4.86. The van der Waals surface area contributed by atoms with Crippen LogP contribution in [0, 0.1) is 5.21 Å². The summed E-state index contributed by atoms with van der Waals surface area (Å²) in [5.41, 5.74) is 0.882. The second kappa shape index (κ2) is 4.62. The molecule has 1 spiro atoms. The van der Waals surface area contributed by atoms with Crippen molar-refractivity contribution in [1.82, 2.24) is 4.90 Å². The zero-order valence-corrected chi connectivity index (χ0v) is 11.3. The SMILES string of the molecule is CCCN1CCCC2(C1)C(=O)N([O-])c1ccccc12. The number of fused-ring (bicyclic) bond motifs is 2. The Morgan fingerprint density at radius 2 is 2.16 bits per heavy atom. The molecule has 0 N–H and O–H groups in total. The first kappa shape index (κ1) is 12.6. The van der Waals surface area contributed by atoms with Crippen molar-refractivity contribution in [3.05, 3.63) is 35.0 Å². The Kier molecular flexibility index (Phi) is 3.07. The largest absolute Gasteiger partial charge is 0.752 e. The van der Waals surface area contributed by atoms with E-state index in [0.29, 0.717) is 17.3 Å². The molecule has 0 bridgehead atoms. The summed E-state index contributed by atoms with van der Waals surface area (Å²) in [5, 5.41) is 12.7. The fraction of sp³-hybridized carbons (Fsp3) is 0.533. The molecule has 102 valence electrons. The molecule has 3 rings (SSSR count). The topological polar surface area (TPSA) is 46.6 Å². The molecule has 2 heterocycles. The van der Waals surface area contributed by atoms with Crippen LogP contribution >= 0.6 is 0 Å². The standard InChI is InChI=1S/C15H19N2O2/c1-2-9-16-10-5-8-15(11-16)12-6-3-4-7-13(12)17(19)14(15)18/h3-4,6-7H,2,5,8-11H2,1H3/q-1. The molecule has 19 heavy (non-hydrogen) atoms. The van der Waals surface area contributed by atoms with Crippen LogP contribution in [0.3, 0.4) is 0 Å². The van der Waals surface area contributed by atoms with Crippen LogP contribution in [0.4, 0.5) is 5.69 Å². The maximum Gasteiger partial charge on any atom is 0.228 e. The highest BCUT2D eigenvalue weighted by Gasteiger charge is 2.49. The van der Waals surface area contributed by atoms with Gasteiger partial charge in [-0.1, -0.05) is 25.1 Å². The minimum atomic E-state index is -0.592. The quantitative estimate of drug-likeness (QED) is 0.818. The summed E-state index contributed by atoms with van der Waals surface area (Å²) in [6, 6.07) is 7.45. The molecule has 0 aromatic heterocycles. The number of para-hydroxylation sites is 1. The normalized spacial score (nSPS) is 27.1. The van der Waals surface area contributed by atoms with Gasteiger partial charge >= 0.3 is 0 Å². The lowest BCUT2D eigenvalue weighted by Gasteiger charge is -2.40. The van der Waals surface area contributed by atoms with E-state index >= 15 is 0 Å². The fourth-order valence-electron chi connectivity index (χ4n) is 3.52.